The molecule has 1 fully saturated rings. The molecule has 3 rings (SSSR count). The number of hydrogen-bond donors (Lipinski definition) is 2. The topological polar surface area (TPSA) is 66.4 Å². The van der Waals surface area contributed by atoms with E-state index in [0.717, 1.165) is 24.1 Å². The Kier molecular flexibility index (Phi) is 4.24. The van der Waals surface area contributed by atoms with Crippen LogP contribution in [-0.4, -0.2) is 17.0 Å². The zero-order chi connectivity index (χ0) is 16.6. The second kappa shape index (κ2) is 6.19. The molecule has 1 aromatic carbocycles. The molecule has 2 N–H and O–H groups in total. The number of aliphatic carboxylic acids is 1. The number of amides is 1. The van der Waals surface area contributed by atoms with E-state index < -0.39 is 17.8 Å². The van der Waals surface area contributed by atoms with Gasteiger partial charge in [0.25, 0.3) is 0 Å². The van der Waals surface area contributed by atoms with Gasteiger partial charge in [0.05, 0.1) is 11.8 Å². The number of carbonyl (C=O) groups is 2. The van der Waals surface area contributed by atoms with Gasteiger partial charge in [-0.05, 0) is 42.2 Å². The van der Waals surface area contributed by atoms with E-state index in [4.69, 9.17) is 0 Å². The Labute approximate surface area is 136 Å². The summed E-state index contributed by atoms with van der Waals surface area (Å²) in [7, 11) is 0. The molecule has 1 saturated carbocycles. The highest BCUT2D eigenvalue weighted by molar-refractivity contribution is 5.97. The van der Waals surface area contributed by atoms with Crippen LogP contribution in [0, 0.1) is 23.7 Å². The fourth-order valence-corrected chi connectivity index (χ4v) is 3.99. The maximum absolute atomic E-state index is 12.8. The van der Waals surface area contributed by atoms with Crippen LogP contribution < -0.4 is 5.32 Å². The van der Waals surface area contributed by atoms with Gasteiger partial charge in [-0.1, -0.05) is 44.2 Å². The highest BCUT2D eigenvalue weighted by Crippen LogP contribution is 2.48. The molecule has 1 aromatic rings. The van der Waals surface area contributed by atoms with E-state index in [1.165, 1.54) is 0 Å². The van der Waals surface area contributed by atoms with Gasteiger partial charge in [-0.3, -0.25) is 9.59 Å². The van der Waals surface area contributed by atoms with Gasteiger partial charge in [-0.15, -0.1) is 0 Å². The van der Waals surface area contributed by atoms with Crippen LogP contribution in [0.5, 0.6) is 0 Å². The van der Waals surface area contributed by atoms with E-state index >= 15 is 0 Å². The van der Waals surface area contributed by atoms with E-state index in [0.29, 0.717) is 5.92 Å². The number of hydrogen-bond acceptors (Lipinski definition) is 2. The standard InChI is InChI=1S/C19H23NO3/c1-3-11(2)14-6-4-5-7-15(14)20-18(21)16-12-8-9-13(10-12)17(16)19(22)23/h4-9,11-13,16-17H,3,10H2,1-2H3,(H,20,21)(H,22,23)/t11-,12-,13-,16-,17+/m0/s1. The van der Waals surface area contributed by atoms with Gasteiger partial charge in [0.1, 0.15) is 0 Å². The number of carbonyl (C=O) groups excluding carboxylic acids is 1. The van der Waals surface area contributed by atoms with Crippen LogP contribution in [0.4, 0.5) is 5.69 Å². The van der Waals surface area contributed by atoms with Crippen molar-refractivity contribution in [3.05, 3.63) is 42.0 Å². The third kappa shape index (κ3) is 2.78. The molecule has 1 amide bonds. The van der Waals surface area contributed by atoms with Gasteiger partial charge in [-0.25, -0.2) is 0 Å². The fraction of sp³-hybridized carbons (Fsp3) is 0.474. The summed E-state index contributed by atoms with van der Waals surface area (Å²) in [5.41, 5.74) is 1.91. The van der Waals surface area contributed by atoms with Crippen LogP contribution in [0.25, 0.3) is 0 Å². The quantitative estimate of drug-likeness (QED) is 0.815. The normalized spacial score (nSPS) is 29.5. The van der Waals surface area contributed by atoms with Crippen molar-refractivity contribution >= 4 is 17.6 Å². The first-order chi connectivity index (χ1) is 11.0. The number of para-hydroxylation sites is 1. The maximum atomic E-state index is 12.8. The lowest BCUT2D eigenvalue weighted by molar-refractivity contribution is -0.146. The Hall–Kier alpha value is -2.10. The van der Waals surface area contributed by atoms with Crippen molar-refractivity contribution in [2.45, 2.75) is 32.6 Å². The van der Waals surface area contributed by atoms with Gasteiger partial charge in [0.2, 0.25) is 5.91 Å². The highest BCUT2D eigenvalue weighted by Gasteiger charge is 2.51. The van der Waals surface area contributed by atoms with Crippen LogP contribution in [0.2, 0.25) is 0 Å². The Balaban J connectivity index is 1.83. The van der Waals surface area contributed by atoms with Gasteiger partial charge < -0.3 is 10.4 Å². The molecule has 4 heteroatoms. The van der Waals surface area contributed by atoms with Crippen LogP contribution in [0.1, 0.15) is 38.2 Å². The molecule has 23 heavy (non-hydrogen) atoms. The first-order valence-electron chi connectivity index (χ1n) is 8.33. The van der Waals surface area contributed by atoms with Gasteiger partial charge in [-0.2, -0.15) is 0 Å². The van der Waals surface area contributed by atoms with Crippen molar-refractivity contribution in [2.24, 2.45) is 23.7 Å². The molecule has 0 aromatic heterocycles. The van der Waals surface area contributed by atoms with Crippen molar-refractivity contribution in [1.82, 2.24) is 0 Å². The average molecular weight is 313 g/mol. The Morgan fingerprint density at radius 2 is 1.87 bits per heavy atom. The lowest BCUT2D eigenvalue weighted by atomic mass is 9.82. The molecular formula is C19H23NO3. The lowest BCUT2D eigenvalue weighted by Gasteiger charge is -2.25. The minimum atomic E-state index is -0.864. The molecule has 0 unspecified atom stereocenters. The Morgan fingerprint density at radius 1 is 1.22 bits per heavy atom. The first-order valence-corrected chi connectivity index (χ1v) is 8.33. The molecule has 5 atom stereocenters. The van der Waals surface area contributed by atoms with Gasteiger partial charge in [0, 0.05) is 5.69 Å². The molecule has 0 spiro atoms. The molecule has 2 aliphatic carbocycles. The summed E-state index contributed by atoms with van der Waals surface area (Å²) in [5, 5.41) is 12.5. The summed E-state index contributed by atoms with van der Waals surface area (Å²) < 4.78 is 0. The summed E-state index contributed by atoms with van der Waals surface area (Å²) in [5.74, 6) is -1.69. The predicted molar refractivity (Wildman–Crippen MR) is 89.1 cm³/mol. The van der Waals surface area contributed by atoms with Gasteiger partial charge in [0.15, 0.2) is 0 Å². The van der Waals surface area contributed by atoms with E-state index in [1.807, 2.05) is 36.4 Å². The molecule has 0 aliphatic heterocycles. The number of rotatable bonds is 5. The highest BCUT2D eigenvalue weighted by atomic mass is 16.4. The summed E-state index contributed by atoms with van der Waals surface area (Å²) in [6.07, 6.45) is 5.73. The van der Waals surface area contributed by atoms with E-state index in [9.17, 15) is 14.7 Å². The Morgan fingerprint density at radius 3 is 2.52 bits per heavy atom. The zero-order valence-electron chi connectivity index (χ0n) is 13.5. The minimum absolute atomic E-state index is 0.00180. The fourth-order valence-electron chi connectivity index (χ4n) is 3.99. The van der Waals surface area contributed by atoms with Gasteiger partial charge >= 0.3 is 5.97 Å². The number of fused-ring (bicyclic) bond motifs is 2. The second-order valence-corrected chi connectivity index (χ2v) is 6.72. The number of carboxylic acid groups (broad SMARTS) is 1. The minimum Gasteiger partial charge on any atom is -0.481 e. The molecule has 4 nitrogen and oxygen atoms in total. The smallest absolute Gasteiger partial charge is 0.307 e. The van der Waals surface area contributed by atoms with Crippen molar-refractivity contribution in [3.8, 4) is 0 Å². The molecule has 0 radical (unpaired) electrons. The number of nitrogens with one attached hydrogen (secondary N) is 1. The Bertz CT molecular complexity index is 652. The molecule has 122 valence electrons. The zero-order valence-corrected chi connectivity index (χ0v) is 13.5. The summed E-state index contributed by atoms with van der Waals surface area (Å²) in [6, 6.07) is 7.80. The van der Waals surface area contributed by atoms with Crippen LogP contribution in [0.15, 0.2) is 36.4 Å². The van der Waals surface area contributed by atoms with E-state index in [1.54, 1.807) is 0 Å². The van der Waals surface area contributed by atoms with Crippen LogP contribution in [0.3, 0.4) is 0 Å². The third-order valence-corrected chi connectivity index (χ3v) is 5.41. The van der Waals surface area contributed by atoms with Crippen molar-refractivity contribution in [1.29, 1.82) is 0 Å². The summed E-state index contributed by atoms with van der Waals surface area (Å²) in [6.45, 7) is 4.25. The lowest BCUT2D eigenvalue weighted by Crippen LogP contribution is -2.36. The van der Waals surface area contributed by atoms with Crippen LogP contribution >= 0.6 is 0 Å². The maximum Gasteiger partial charge on any atom is 0.307 e. The summed E-state index contributed by atoms with van der Waals surface area (Å²) in [4.78, 5) is 24.3. The number of benzene rings is 1. The van der Waals surface area contributed by atoms with E-state index in [2.05, 4.69) is 19.2 Å². The third-order valence-electron chi connectivity index (χ3n) is 5.41. The number of carboxylic acids is 1. The molecule has 0 heterocycles. The predicted octanol–water partition coefficient (Wildman–Crippen LogP) is 3.66. The molecule has 2 aliphatic rings. The molecule has 2 bridgehead atoms. The largest absolute Gasteiger partial charge is 0.481 e. The second-order valence-electron chi connectivity index (χ2n) is 6.72. The van der Waals surface area contributed by atoms with Crippen LogP contribution in [-0.2, 0) is 9.59 Å². The summed E-state index contributed by atoms with van der Waals surface area (Å²) >= 11 is 0. The molecule has 0 saturated heterocycles. The molecular weight excluding hydrogens is 290 g/mol. The van der Waals surface area contributed by atoms with E-state index in [-0.39, 0.29) is 17.7 Å². The first kappa shape index (κ1) is 15.8. The average Bonchev–Trinajstić information content (AvgIpc) is 3.15. The van der Waals surface area contributed by atoms with Crippen molar-refractivity contribution in [3.63, 3.8) is 0 Å². The van der Waals surface area contributed by atoms with Crippen molar-refractivity contribution < 1.29 is 14.7 Å². The van der Waals surface area contributed by atoms with Crippen molar-refractivity contribution in [2.75, 3.05) is 5.32 Å². The number of anilines is 1. The monoisotopic (exact) mass is 313 g/mol. The SMILES string of the molecule is CC[C@H](C)c1ccccc1NC(=O)[C@@H]1[C@H](C(=O)O)[C@H]2C=C[C@H]1C2. The number of allylic oxidation sites excluding steroid dienone is 2.